The zero-order valence-electron chi connectivity index (χ0n) is 22.7. The number of nitrogens with zero attached hydrogens (tertiary/aromatic N) is 1. The fourth-order valence-electron chi connectivity index (χ4n) is 4.39. The zero-order valence-corrected chi connectivity index (χ0v) is 23.6. The molecule has 0 aromatic heterocycles. The van der Waals surface area contributed by atoms with Crippen LogP contribution < -0.4 is 14.9 Å². The Morgan fingerprint density at radius 3 is 2.55 bits per heavy atom. The maximum absolute atomic E-state index is 15.2. The van der Waals surface area contributed by atoms with Gasteiger partial charge < -0.3 is 34.4 Å². The topological polar surface area (TPSA) is 156 Å². The van der Waals surface area contributed by atoms with Gasteiger partial charge in [-0.05, 0) is 32.2 Å². The number of esters is 1. The molecule has 0 radical (unpaired) electrons. The normalized spacial score (nSPS) is 28.1. The molecule has 230 valence electrons. The summed E-state index contributed by atoms with van der Waals surface area (Å²) in [6.45, 7) is 3.07. The fraction of sp³-hybridized carbons (Fsp3) is 0.462. The lowest BCUT2D eigenvalue weighted by Gasteiger charge is -2.36. The lowest BCUT2D eigenvalue weighted by molar-refractivity contribution is -0.213. The van der Waals surface area contributed by atoms with Crippen LogP contribution in [0.15, 0.2) is 54.7 Å². The Kier molecular flexibility index (Phi) is 9.50. The molecule has 2 aromatic carbocycles. The molecule has 1 amide bonds. The smallest absolute Gasteiger partial charge is 0.459 e. The van der Waals surface area contributed by atoms with Gasteiger partial charge in [0.1, 0.15) is 17.9 Å². The van der Waals surface area contributed by atoms with Gasteiger partial charge in [0, 0.05) is 17.7 Å². The maximum Gasteiger partial charge on any atom is 0.459 e. The average Bonchev–Trinajstić information content (AvgIpc) is 3.18. The van der Waals surface area contributed by atoms with Crippen molar-refractivity contribution in [2.75, 3.05) is 6.61 Å². The molecule has 2 aliphatic heterocycles. The molecule has 4 rings (SSSR count). The van der Waals surface area contributed by atoms with Gasteiger partial charge in [-0.15, -0.1) is 0 Å². The van der Waals surface area contributed by atoms with E-state index in [4.69, 9.17) is 18.5 Å². The van der Waals surface area contributed by atoms with Crippen LogP contribution in [-0.2, 0) is 28.2 Å². The molecule has 2 aromatic rings. The largest absolute Gasteiger partial charge is 0.462 e. The first kappa shape index (κ1) is 31.7. The predicted octanol–water partition coefficient (Wildman–Crippen LogP) is 2.55. The number of aliphatic hydroxyl groups is 2. The highest BCUT2D eigenvalue weighted by Gasteiger charge is 2.63. The minimum atomic E-state index is -4.78. The van der Waals surface area contributed by atoms with Gasteiger partial charge in [0.05, 0.1) is 12.7 Å². The molecule has 0 bridgehead atoms. The van der Waals surface area contributed by atoms with E-state index in [1.165, 1.54) is 13.0 Å². The van der Waals surface area contributed by atoms with E-state index in [0.717, 1.165) is 12.3 Å². The zero-order chi connectivity index (χ0) is 30.8. The summed E-state index contributed by atoms with van der Waals surface area (Å²) in [6.07, 6.45) is -11.3. The molecule has 4 N–H and O–H groups in total. The van der Waals surface area contributed by atoms with E-state index in [2.05, 4.69) is 5.09 Å². The number of benzene rings is 2. The Labute approximate surface area is 238 Å². The summed E-state index contributed by atoms with van der Waals surface area (Å²) in [7, 11) is -4.78. The Morgan fingerprint density at radius 2 is 1.88 bits per heavy atom. The summed E-state index contributed by atoms with van der Waals surface area (Å²) in [5.74, 6) is -1.59. The first-order valence-corrected chi connectivity index (χ1v) is 14.4. The molecule has 0 saturated carbocycles. The molecule has 1 saturated heterocycles. The molecule has 16 heteroatoms. The van der Waals surface area contributed by atoms with Crippen LogP contribution in [-0.4, -0.2) is 82.6 Å². The predicted molar refractivity (Wildman–Crippen MR) is 142 cm³/mol. The van der Waals surface area contributed by atoms with Crippen molar-refractivity contribution in [3.63, 3.8) is 0 Å². The van der Waals surface area contributed by atoms with E-state index in [1.54, 1.807) is 50.2 Å². The average molecular weight is 618 g/mol. The van der Waals surface area contributed by atoms with E-state index in [-0.39, 0.29) is 5.75 Å². The van der Waals surface area contributed by atoms with Gasteiger partial charge in [0.2, 0.25) is 12.3 Å². The second-order valence-corrected chi connectivity index (χ2v) is 11.7. The Balaban J connectivity index is 1.64. The van der Waals surface area contributed by atoms with Gasteiger partial charge >= 0.3 is 13.7 Å². The summed E-state index contributed by atoms with van der Waals surface area (Å²) in [5, 5.41) is 26.3. The number of nitrogens with one attached hydrogen (secondary N) is 2. The number of hydrogen-bond acceptors (Lipinski definition) is 10. The van der Waals surface area contributed by atoms with Crippen molar-refractivity contribution >= 4 is 30.4 Å². The third-order valence-electron chi connectivity index (χ3n) is 6.52. The number of hydrogen-bond donors (Lipinski definition) is 4. The van der Waals surface area contributed by atoms with E-state index < -0.39 is 75.3 Å². The highest BCUT2D eigenvalue weighted by Crippen LogP contribution is 2.50. The third kappa shape index (κ3) is 6.56. The third-order valence-corrected chi connectivity index (χ3v) is 8.12. The summed E-state index contributed by atoms with van der Waals surface area (Å²) < 4.78 is 79.8. The molecule has 7 unspecified atom stereocenters. The summed E-state index contributed by atoms with van der Waals surface area (Å²) >= 11 is 0. The van der Waals surface area contributed by atoms with Crippen molar-refractivity contribution < 1.29 is 56.1 Å². The maximum atomic E-state index is 15.2. The molecule has 0 aliphatic carbocycles. The molecular formula is C26H31F3N3O9P. The molecule has 2 heterocycles. The van der Waals surface area contributed by atoms with Crippen LogP contribution in [0.5, 0.6) is 5.75 Å². The number of halogens is 3. The monoisotopic (exact) mass is 617 g/mol. The van der Waals surface area contributed by atoms with Crippen LogP contribution in [0, 0.1) is 0 Å². The Morgan fingerprint density at radius 1 is 1.19 bits per heavy atom. The number of carbonyl (C=O) groups excluding carboxylic acids is 2. The number of ether oxygens (including phenoxy) is 2. The van der Waals surface area contributed by atoms with Gasteiger partial charge in [-0.2, -0.15) is 5.09 Å². The molecule has 2 aliphatic rings. The number of carbonyl (C=O) groups is 2. The second-order valence-electron chi connectivity index (χ2n) is 9.97. The number of amides is 1. The summed E-state index contributed by atoms with van der Waals surface area (Å²) in [6, 6.07) is 10.2. The first-order chi connectivity index (χ1) is 19.8. The number of fused-ring (bicyclic) bond motifs is 1. The van der Waals surface area contributed by atoms with Crippen LogP contribution in [0.4, 0.5) is 13.2 Å². The minimum Gasteiger partial charge on any atom is -0.462 e. The number of rotatable bonds is 11. The number of alkyl halides is 3. The lowest BCUT2D eigenvalue weighted by atomic mass is 9.97. The lowest BCUT2D eigenvalue weighted by Crippen LogP contribution is -2.55. The number of aliphatic hydroxyl groups excluding tert-OH is 2. The van der Waals surface area contributed by atoms with Crippen LogP contribution in [0.2, 0.25) is 0 Å². The van der Waals surface area contributed by atoms with Gasteiger partial charge in [-0.1, -0.05) is 36.4 Å². The van der Waals surface area contributed by atoms with Crippen molar-refractivity contribution in [3.8, 4) is 5.75 Å². The highest BCUT2D eigenvalue weighted by atomic mass is 31.2. The van der Waals surface area contributed by atoms with Crippen molar-refractivity contribution in [2.24, 2.45) is 0 Å². The molecule has 1 fully saturated rings. The van der Waals surface area contributed by atoms with Gasteiger partial charge in [0.25, 0.3) is 6.43 Å². The Bertz CT molecular complexity index is 1380. The van der Waals surface area contributed by atoms with E-state index >= 15 is 4.39 Å². The van der Waals surface area contributed by atoms with Gasteiger partial charge in [-0.25, -0.2) is 17.7 Å². The molecular weight excluding hydrogens is 586 g/mol. The van der Waals surface area contributed by atoms with Gasteiger partial charge in [0.15, 0.2) is 18.0 Å². The molecule has 42 heavy (non-hydrogen) atoms. The SMILES string of the molecule is CC(C)OC(=O)C(C)NP(=O)(OCC1(C(F)F)OC(N2C=CC(=O)NC2O)C(F)C1O)Oc1cccc2ccccc12. The molecule has 0 spiro atoms. The molecule has 12 nitrogen and oxygen atoms in total. The van der Waals surface area contributed by atoms with Crippen LogP contribution >= 0.6 is 7.75 Å². The standard InChI is InChI=1S/C26H31F3N3O9P/c1-14(2)39-23(35)15(3)31-42(37,41-18-10-6-8-16-7-4-5-9-17(16)18)38-13-26(24(28)29)21(34)20(27)22(40-26)32-12-11-19(33)30-25(32)36/h4-12,14-15,20-22,24-25,34,36H,13H2,1-3H3,(H,30,33)(H,31,37). The van der Waals surface area contributed by atoms with E-state index in [0.29, 0.717) is 15.7 Å². The minimum absolute atomic E-state index is 0.00547. The first-order valence-electron chi connectivity index (χ1n) is 12.9. The van der Waals surface area contributed by atoms with Crippen molar-refractivity contribution in [2.45, 2.75) is 69.8 Å². The Hall–Kier alpha value is -3.20. The van der Waals surface area contributed by atoms with Crippen molar-refractivity contribution in [1.29, 1.82) is 0 Å². The van der Waals surface area contributed by atoms with E-state index in [9.17, 15) is 33.1 Å². The van der Waals surface area contributed by atoms with Crippen LogP contribution in [0.1, 0.15) is 20.8 Å². The van der Waals surface area contributed by atoms with Gasteiger partial charge in [-0.3, -0.25) is 14.1 Å². The highest BCUT2D eigenvalue weighted by molar-refractivity contribution is 7.52. The van der Waals surface area contributed by atoms with Crippen LogP contribution in [0.25, 0.3) is 10.8 Å². The second kappa shape index (κ2) is 12.6. The molecule has 7 atom stereocenters. The van der Waals surface area contributed by atoms with Crippen LogP contribution in [0.3, 0.4) is 0 Å². The van der Waals surface area contributed by atoms with Crippen molar-refractivity contribution in [1.82, 2.24) is 15.3 Å². The fourth-order valence-corrected chi connectivity index (χ4v) is 5.94. The van der Waals surface area contributed by atoms with Crippen molar-refractivity contribution in [3.05, 3.63) is 54.7 Å². The van der Waals surface area contributed by atoms with E-state index in [1.807, 2.05) is 5.32 Å². The quantitative estimate of drug-likeness (QED) is 0.217. The summed E-state index contributed by atoms with van der Waals surface area (Å²) in [5.41, 5.74) is -3.11. The summed E-state index contributed by atoms with van der Waals surface area (Å²) in [4.78, 5) is 24.6.